The first-order chi connectivity index (χ1) is 8.38. The Kier molecular flexibility index (Phi) is 6.29. The summed E-state index contributed by atoms with van der Waals surface area (Å²) in [4.78, 5) is 11.4. The maximum atomic E-state index is 11.4. The normalized spacial score (nSPS) is 24.7. The summed E-state index contributed by atoms with van der Waals surface area (Å²) >= 11 is 2.02. The molecule has 18 heavy (non-hydrogen) atoms. The molecule has 1 aliphatic heterocycles. The maximum Gasteiger partial charge on any atom is 0.407 e. The molecule has 0 saturated carbocycles. The lowest BCUT2D eigenvalue weighted by Crippen LogP contribution is -2.43. The molecule has 0 aromatic carbocycles. The molecular formula is C13H26N2O2S. The number of nitrogens with one attached hydrogen (secondary N) is 2. The first kappa shape index (κ1) is 15.6. The highest BCUT2D eigenvalue weighted by molar-refractivity contribution is 7.99. The minimum atomic E-state index is -0.425. The van der Waals surface area contributed by atoms with Crippen LogP contribution < -0.4 is 10.6 Å². The van der Waals surface area contributed by atoms with Crippen molar-refractivity contribution in [2.75, 3.05) is 18.8 Å². The Morgan fingerprint density at radius 1 is 1.39 bits per heavy atom. The van der Waals surface area contributed by atoms with Crippen LogP contribution in [0.15, 0.2) is 0 Å². The SMILES string of the molecule is CC1SCCCC1NCCNC(=O)OC(C)(C)C. The molecule has 0 aliphatic carbocycles. The van der Waals surface area contributed by atoms with Gasteiger partial charge in [-0.05, 0) is 39.4 Å². The van der Waals surface area contributed by atoms with Crippen molar-refractivity contribution in [3.63, 3.8) is 0 Å². The van der Waals surface area contributed by atoms with Crippen molar-refractivity contribution in [1.82, 2.24) is 10.6 Å². The molecule has 1 fully saturated rings. The average Bonchev–Trinajstić information content (AvgIpc) is 2.24. The fourth-order valence-corrected chi connectivity index (χ4v) is 3.10. The summed E-state index contributed by atoms with van der Waals surface area (Å²) in [6, 6.07) is 0.573. The third-order valence-corrected chi connectivity index (χ3v) is 4.19. The number of carbonyl (C=O) groups is 1. The van der Waals surface area contributed by atoms with Gasteiger partial charge >= 0.3 is 6.09 Å². The van der Waals surface area contributed by atoms with E-state index in [-0.39, 0.29) is 6.09 Å². The fraction of sp³-hybridized carbons (Fsp3) is 0.923. The smallest absolute Gasteiger partial charge is 0.407 e. The summed E-state index contributed by atoms with van der Waals surface area (Å²) in [7, 11) is 0. The van der Waals surface area contributed by atoms with Crippen molar-refractivity contribution >= 4 is 17.9 Å². The number of hydrogen-bond donors (Lipinski definition) is 2. The van der Waals surface area contributed by atoms with E-state index in [9.17, 15) is 4.79 Å². The van der Waals surface area contributed by atoms with Gasteiger partial charge in [-0.1, -0.05) is 6.92 Å². The number of hydrogen-bond acceptors (Lipinski definition) is 4. The van der Waals surface area contributed by atoms with Gasteiger partial charge in [0.05, 0.1) is 0 Å². The molecule has 106 valence electrons. The first-order valence-electron chi connectivity index (χ1n) is 6.70. The highest BCUT2D eigenvalue weighted by Crippen LogP contribution is 2.24. The van der Waals surface area contributed by atoms with E-state index >= 15 is 0 Å². The van der Waals surface area contributed by atoms with Gasteiger partial charge in [-0.25, -0.2) is 4.79 Å². The summed E-state index contributed by atoms with van der Waals surface area (Å²) in [5.74, 6) is 1.27. The second-order valence-corrected chi connectivity index (χ2v) is 7.19. The summed E-state index contributed by atoms with van der Waals surface area (Å²) in [6.07, 6.45) is 2.18. The lowest BCUT2D eigenvalue weighted by molar-refractivity contribution is 0.0528. The van der Waals surface area contributed by atoms with Crippen molar-refractivity contribution in [2.45, 2.75) is 57.4 Å². The van der Waals surface area contributed by atoms with Crippen molar-refractivity contribution in [2.24, 2.45) is 0 Å². The molecule has 0 bridgehead atoms. The van der Waals surface area contributed by atoms with Gasteiger partial charge in [0.2, 0.25) is 0 Å². The van der Waals surface area contributed by atoms with Crippen LogP contribution >= 0.6 is 11.8 Å². The van der Waals surface area contributed by atoms with E-state index in [0.717, 1.165) is 6.54 Å². The van der Waals surface area contributed by atoms with Gasteiger partial charge in [0.1, 0.15) is 5.60 Å². The molecule has 5 heteroatoms. The molecule has 1 heterocycles. The molecule has 0 spiro atoms. The van der Waals surface area contributed by atoms with Crippen LogP contribution in [0.1, 0.15) is 40.5 Å². The van der Waals surface area contributed by atoms with Gasteiger partial charge in [-0.15, -0.1) is 0 Å². The summed E-state index contributed by atoms with van der Waals surface area (Å²) in [5, 5.41) is 6.93. The molecule has 0 aromatic rings. The van der Waals surface area contributed by atoms with E-state index in [1.54, 1.807) is 0 Å². The number of ether oxygens (including phenoxy) is 1. The minimum Gasteiger partial charge on any atom is -0.444 e. The van der Waals surface area contributed by atoms with Crippen LogP contribution in [0.25, 0.3) is 0 Å². The van der Waals surface area contributed by atoms with Crippen molar-refractivity contribution in [3.8, 4) is 0 Å². The van der Waals surface area contributed by atoms with Gasteiger partial charge in [-0.2, -0.15) is 11.8 Å². The minimum absolute atomic E-state index is 0.338. The van der Waals surface area contributed by atoms with Gasteiger partial charge in [-0.3, -0.25) is 0 Å². The third kappa shape index (κ3) is 6.50. The Bertz CT molecular complexity index is 266. The first-order valence-corrected chi connectivity index (χ1v) is 7.75. The van der Waals surface area contributed by atoms with Crippen LogP contribution in [-0.4, -0.2) is 41.8 Å². The molecule has 1 aliphatic rings. The zero-order chi connectivity index (χ0) is 13.6. The Labute approximate surface area is 115 Å². The standard InChI is InChI=1S/C13H26N2O2S/c1-10-11(6-5-9-18-10)14-7-8-15-12(16)17-13(2,3)4/h10-11,14H,5-9H2,1-4H3,(H,15,16). The zero-order valence-corrected chi connectivity index (χ0v) is 12.7. The molecule has 2 unspecified atom stereocenters. The predicted octanol–water partition coefficient (Wildman–Crippen LogP) is 2.38. The quantitative estimate of drug-likeness (QED) is 0.773. The molecule has 1 amide bonds. The van der Waals surface area contributed by atoms with E-state index in [2.05, 4.69) is 17.6 Å². The Hall–Kier alpha value is -0.420. The Balaban J connectivity index is 2.09. The highest BCUT2D eigenvalue weighted by Gasteiger charge is 2.21. The molecular weight excluding hydrogens is 248 g/mol. The van der Waals surface area contributed by atoms with Crippen molar-refractivity contribution < 1.29 is 9.53 Å². The van der Waals surface area contributed by atoms with Crippen molar-refractivity contribution in [3.05, 3.63) is 0 Å². The molecule has 2 atom stereocenters. The number of thioether (sulfide) groups is 1. The molecule has 4 nitrogen and oxygen atoms in total. The highest BCUT2D eigenvalue weighted by atomic mass is 32.2. The van der Waals surface area contributed by atoms with Crippen molar-refractivity contribution in [1.29, 1.82) is 0 Å². The van der Waals surface area contributed by atoms with Gasteiger partial charge < -0.3 is 15.4 Å². The van der Waals surface area contributed by atoms with Crippen LogP contribution in [0, 0.1) is 0 Å². The number of carbonyl (C=O) groups excluding carboxylic acids is 1. The molecule has 2 N–H and O–H groups in total. The molecule has 1 saturated heterocycles. The van der Waals surface area contributed by atoms with Crippen LogP contribution in [0.4, 0.5) is 4.79 Å². The largest absolute Gasteiger partial charge is 0.444 e. The second kappa shape index (κ2) is 7.24. The number of rotatable bonds is 4. The van der Waals surface area contributed by atoms with Crippen LogP contribution in [0.3, 0.4) is 0 Å². The summed E-state index contributed by atoms with van der Waals surface area (Å²) < 4.78 is 5.17. The molecule has 1 rings (SSSR count). The Morgan fingerprint density at radius 2 is 2.11 bits per heavy atom. The average molecular weight is 274 g/mol. The fourth-order valence-electron chi connectivity index (χ4n) is 1.93. The number of amides is 1. The predicted molar refractivity (Wildman–Crippen MR) is 77.2 cm³/mol. The van der Waals surface area contributed by atoms with E-state index in [4.69, 9.17) is 4.74 Å². The topological polar surface area (TPSA) is 50.4 Å². The van der Waals surface area contributed by atoms with E-state index in [1.165, 1.54) is 18.6 Å². The van der Waals surface area contributed by atoms with Crippen LogP contribution in [0.5, 0.6) is 0 Å². The zero-order valence-electron chi connectivity index (χ0n) is 11.9. The lowest BCUT2D eigenvalue weighted by atomic mass is 10.1. The van der Waals surface area contributed by atoms with E-state index in [1.807, 2.05) is 32.5 Å². The Morgan fingerprint density at radius 3 is 2.72 bits per heavy atom. The third-order valence-electron chi connectivity index (χ3n) is 2.81. The van der Waals surface area contributed by atoms with Gasteiger partial charge in [0.15, 0.2) is 0 Å². The summed E-state index contributed by atoms with van der Waals surface area (Å²) in [5.41, 5.74) is -0.425. The van der Waals surface area contributed by atoms with Crippen LogP contribution in [-0.2, 0) is 4.74 Å². The molecule has 0 aromatic heterocycles. The maximum absolute atomic E-state index is 11.4. The van der Waals surface area contributed by atoms with Crippen LogP contribution in [0.2, 0.25) is 0 Å². The summed E-state index contributed by atoms with van der Waals surface area (Å²) in [6.45, 7) is 9.28. The van der Waals surface area contributed by atoms with Gasteiger partial charge in [0, 0.05) is 24.4 Å². The molecule has 0 radical (unpaired) electrons. The van der Waals surface area contributed by atoms with Gasteiger partial charge in [0.25, 0.3) is 0 Å². The van der Waals surface area contributed by atoms with E-state index < -0.39 is 5.60 Å². The lowest BCUT2D eigenvalue weighted by Gasteiger charge is -2.29. The van der Waals surface area contributed by atoms with E-state index in [0.29, 0.717) is 17.8 Å². The number of alkyl carbamates (subject to hydrolysis) is 1. The monoisotopic (exact) mass is 274 g/mol. The second-order valence-electron chi connectivity index (χ2n) is 5.71.